The zero-order valence-corrected chi connectivity index (χ0v) is 24.2. The normalized spacial score (nSPS) is 23.8. The summed E-state index contributed by atoms with van der Waals surface area (Å²) in [5.74, 6) is -0.770. The van der Waals surface area contributed by atoms with E-state index in [-0.39, 0.29) is 47.9 Å². The van der Waals surface area contributed by atoms with Crippen molar-refractivity contribution in [3.8, 4) is 0 Å². The molecule has 2 aromatic carbocycles. The van der Waals surface area contributed by atoms with Crippen LogP contribution in [0.25, 0.3) is 10.8 Å². The zero-order valence-electron chi connectivity index (χ0n) is 21.8. The van der Waals surface area contributed by atoms with Crippen LogP contribution in [0.3, 0.4) is 0 Å². The van der Waals surface area contributed by atoms with Gasteiger partial charge in [0.25, 0.3) is 0 Å². The van der Waals surface area contributed by atoms with E-state index >= 15 is 0 Å². The molecule has 2 bridgehead atoms. The van der Waals surface area contributed by atoms with E-state index in [0.717, 1.165) is 28.1 Å². The molecule has 1 N–H and O–H groups in total. The predicted molar refractivity (Wildman–Crippen MR) is 148 cm³/mol. The third-order valence-corrected chi connectivity index (χ3v) is 9.70. The molecule has 0 spiro atoms. The Bertz CT molecular complexity index is 1370. The molecule has 3 aliphatic heterocycles. The average molecular weight is 622 g/mol. The first kappa shape index (κ1) is 28.0. The van der Waals surface area contributed by atoms with Crippen LogP contribution in [0.15, 0.2) is 45.8 Å². The lowest BCUT2D eigenvalue weighted by atomic mass is 10.1. The summed E-state index contributed by atoms with van der Waals surface area (Å²) in [6.45, 7) is 3.85. The second-order valence-electron chi connectivity index (χ2n) is 10.4. The SMILES string of the molecule is CCOC(=O)CN1CC2CCC(C1)N2C(=O)CN1CCC[C@H](NS(=O)(=O)c2ccc3cc(Br)ccc3c2)C1=O. The van der Waals surface area contributed by atoms with E-state index in [0.29, 0.717) is 39.1 Å². The Hall–Kier alpha value is -2.54. The number of ether oxygens (including phenoxy) is 1. The molecule has 0 radical (unpaired) electrons. The monoisotopic (exact) mass is 620 g/mol. The van der Waals surface area contributed by atoms with Crippen LogP contribution in [0.5, 0.6) is 0 Å². The average Bonchev–Trinajstić information content (AvgIpc) is 3.16. The van der Waals surface area contributed by atoms with Gasteiger partial charge in [0.15, 0.2) is 0 Å². The second-order valence-corrected chi connectivity index (χ2v) is 13.0. The molecule has 2 amide bonds. The largest absolute Gasteiger partial charge is 0.465 e. The second kappa shape index (κ2) is 11.5. The van der Waals surface area contributed by atoms with Crippen molar-refractivity contribution in [1.82, 2.24) is 19.4 Å². The molecule has 3 saturated heterocycles. The molecule has 210 valence electrons. The Morgan fingerprint density at radius 3 is 2.44 bits per heavy atom. The highest BCUT2D eigenvalue weighted by molar-refractivity contribution is 9.10. The number of piperidine rings is 1. The van der Waals surface area contributed by atoms with Crippen LogP contribution in [0.2, 0.25) is 0 Å². The van der Waals surface area contributed by atoms with Gasteiger partial charge >= 0.3 is 5.97 Å². The highest BCUT2D eigenvalue weighted by Crippen LogP contribution is 2.31. The molecule has 3 heterocycles. The Labute approximate surface area is 236 Å². The summed E-state index contributed by atoms with van der Waals surface area (Å²) < 4.78 is 34.9. The van der Waals surface area contributed by atoms with Crippen LogP contribution in [-0.4, -0.2) is 98.4 Å². The first-order valence-corrected chi connectivity index (χ1v) is 15.6. The highest BCUT2D eigenvalue weighted by Gasteiger charge is 2.44. The van der Waals surface area contributed by atoms with E-state index in [9.17, 15) is 22.8 Å². The molecule has 3 atom stereocenters. The van der Waals surface area contributed by atoms with Gasteiger partial charge in [0.05, 0.1) is 24.6 Å². The number of benzene rings is 2. The van der Waals surface area contributed by atoms with Gasteiger partial charge in [-0.2, -0.15) is 4.72 Å². The Kier molecular flexibility index (Phi) is 8.27. The summed E-state index contributed by atoms with van der Waals surface area (Å²) in [7, 11) is -3.94. The van der Waals surface area contributed by atoms with Gasteiger partial charge in [-0.25, -0.2) is 8.42 Å². The van der Waals surface area contributed by atoms with Gasteiger partial charge < -0.3 is 14.5 Å². The molecule has 5 rings (SSSR count). The van der Waals surface area contributed by atoms with Crippen molar-refractivity contribution < 1.29 is 27.5 Å². The number of hydrogen-bond acceptors (Lipinski definition) is 7. The smallest absolute Gasteiger partial charge is 0.320 e. The zero-order chi connectivity index (χ0) is 27.7. The number of halogens is 1. The molecular weight excluding hydrogens is 588 g/mol. The Balaban J connectivity index is 1.21. The molecule has 39 heavy (non-hydrogen) atoms. The third-order valence-electron chi connectivity index (χ3n) is 7.74. The summed E-state index contributed by atoms with van der Waals surface area (Å²) in [5, 5.41) is 1.68. The van der Waals surface area contributed by atoms with Gasteiger partial charge in [-0.3, -0.25) is 19.3 Å². The van der Waals surface area contributed by atoms with Crippen molar-refractivity contribution in [2.75, 3.05) is 39.3 Å². The summed E-state index contributed by atoms with van der Waals surface area (Å²) in [5.41, 5.74) is 0. The summed E-state index contributed by atoms with van der Waals surface area (Å²) in [4.78, 5) is 44.0. The highest BCUT2D eigenvalue weighted by atomic mass is 79.9. The maximum atomic E-state index is 13.3. The lowest BCUT2D eigenvalue weighted by Crippen LogP contribution is -2.60. The van der Waals surface area contributed by atoms with Gasteiger partial charge in [-0.05, 0) is 67.6 Å². The maximum Gasteiger partial charge on any atom is 0.320 e. The molecule has 12 heteroatoms. The number of carbonyl (C=O) groups excluding carboxylic acids is 3. The van der Waals surface area contributed by atoms with E-state index in [1.807, 2.05) is 28.0 Å². The van der Waals surface area contributed by atoms with Crippen molar-refractivity contribution in [3.63, 3.8) is 0 Å². The lowest BCUT2D eigenvalue weighted by Gasteiger charge is -2.42. The number of rotatable bonds is 8. The molecule has 2 unspecified atom stereocenters. The van der Waals surface area contributed by atoms with Crippen LogP contribution >= 0.6 is 15.9 Å². The maximum absolute atomic E-state index is 13.3. The number of carbonyl (C=O) groups is 3. The first-order chi connectivity index (χ1) is 18.6. The number of likely N-dealkylation sites (tertiary alicyclic amines) is 2. The number of piperazine rings is 1. The van der Waals surface area contributed by atoms with Crippen molar-refractivity contribution in [2.45, 2.75) is 55.6 Å². The quantitative estimate of drug-likeness (QED) is 0.449. The van der Waals surface area contributed by atoms with Crippen molar-refractivity contribution in [1.29, 1.82) is 0 Å². The van der Waals surface area contributed by atoms with Gasteiger partial charge in [0.2, 0.25) is 21.8 Å². The molecule has 3 fully saturated rings. The predicted octanol–water partition coefficient (Wildman–Crippen LogP) is 2.11. The number of nitrogens with zero attached hydrogens (tertiary/aromatic N) is 3. The number of sulfonamides is 1. The van der Waals surface area contributed by atoms with Crippen LogP contribution in [0, 0.1) is 0 Å². The van der Waals surface area contributed by atoms with Crippen LogP contribution < -0.4 is 4.72 Å². The number of esters is 1. The van der Waals surface area contributed by atoms with E-state index in [2.05, 4.69) is 20.7 Å². The minimum Gasteiger partial charge on any atom is -0.465 e. The first-order valence-electron chi connectivity index (χ1n) is 13.3. The summed E-state index contributed by atoms with van der Waals surface area (Å²) >= 11 is 3.42. The number of fused-ring (bicyclic) bond motifs is 3. The lowest BCUT2D eigenvalue weighted by molar-refractivity contribution is -0.148. The van der Waals surface area contributed by atoms with Crippen molar-refractivity contribution in [2.24, 2.45) is 0 Å². The van der Waals surface area contributed by atoms with Crippen LogP contribution in [0.1, 0.15) is 32.6 Å². The molecule has 0 aromatic heterocycles. The van der Waals surface area contributed by atoms with Gasteiger partial charge in [0.1, 0.15) is 6.04 Å². The Morgan fingerprint density at radius 1 is 1.03 bits per heavy atom. The van der Waals surface area contributed by atoms with E-state index < -0.39 is 16.1 Å². The van der Waals surface area contributed by atoms with E-state index in [1.165, 1.54) is 11.0 Å². The molecule has 0 aliphatic carbocycles. The van der Waals surface area contributed by atoms with Gasteiger partial charge in [0, 0.05) is 36.2 Å². The molecule has 0 saturated carbocycles. The van der Waals surface area contributed by atoms with E-state index in [1.54, 1.807) is 19.1 Å². The fourth-order valence-corrected chi connectivity index (χ4v) is 7.62. The number of nitrogens with one attached hydrogen (secondary N) is 1. The van der Waals surface area contributed by atoms with Crippen LogP contribution in [-0.2, 0) is 29.1 Å². The fourth-order valence-electron chi connectivity index (χ4n) is 5.98. The molecule has 2 aromatic rings. The van der Waals surface area contributed by atoms with E-state index in [4.69, 9.17) is 4.74 Å². The number of hydrogen-bond donors (Lipinski definition) is 1. The molecule has 3 aliphatic rings. The standard InChI is InChI=1S/C27H33BrN4O6S/c1-2-38-26(34)17-30-14-21-8-9-22(15-30)32(21)25(33)16-31-11-3-4-24(27(31)35)29-39(36,37)23-10-6-18-12-20(28)7-5-19(18)13-23/h5-7,10,12-13,21-22,24,29H,2-4,8-9,11,14-17H2,1H3/t21?,22?,24-/m0/s1. The van der Waals surface area contributed by atoms with Crippen molar-refractivity contribution in [3.05, 3.63) is 40.9 Å². The summed E-state index contributed by atoms with van der Waals surface area (Å²) in [6, 6.07) is 9.52. The molecule has 10 nitrogen and oxygen atoms in total. The Morgan fingerprint density at radius 2 is 1.72 bits per heavy atom. The fraction of sp³-hybridized carbons (Fsp3) is 0.519. The number of amides is 2. The van der Waals surface area contributed by atoms with Crippen LogP contribution in [0.4, 0.5) is 0 Å². The topological polar surface area (TPSA) is 116 Å². The van der Waals surface area contributed by atoms with Gasteiger partial charge in [-0.1, -0.05) is 28.1 Å². The van der Waals surface area contributed by atoms with Crippen molar-refractivity contribution >= 4 is 54.5 Å². The minimum atomic E-state index is -3.94. The minimum absolute atomic E-state index is 0.00612. The summed E-state index contributed by atoms with van der Waals surface area (Å²) in [6.07, 6.45) is 2.68. The van der Waals surface area contributed by atoms with Gasteiger partial charge in [-0.15, -0.1) is 0 Å². The molecular formula is C27H33BrN4O6S. The third kappa shape index (κ3) is 6.13.